The van der Waals surface area contributed by atoms with Crippen LogP contribution in [0.5, 0.6) is 0 Å². The van der Waals surface area contributed by atoms with Gasteiger partial charge in [0.05, 0.1) is 10.1 Å². The molecule has 3 aromatic heterocycles. The Kier molecular flexibility index (Phi) is 4.12. The fourth-order valence-corrected chi connectivity index (χ4v) is 3.63. The van der Waals surface area contributed by atoms with Crippen molar-refractivity contribution in [2.24, 2.45) is 0 Å². The third kappa shape index (κ3) is 2.84. The van der Waals surface area contributed by atoms with Crippen molar-refractivity contribution in [3.05, 3.63) is 29.6 Å². The average molecular weight is 333 g/mol. The quantitative estimate of drug-likeness (QED) is 0.686. The van der Waals surface area contributed by atoms with Gasteiger partial charge >= 0.3 is 0 Å². The predicted octanol–water partition coefficient (Wildman–Crippen LogP) is 2.42. The Balaban J connectivity index is 1.92. The van der Waals surface area contributed by atoms with Gasteiger partial charge in [0.25, 0.3) is 0 Å². The molecule has 3 heterocycles. The van der Waals surface area contributed by atoms with E-state index in [2.05, 4.69) is 15.3 Å². The van der Waals surface area contributed by atoms with Crippen LogP contribution in [0.4, 0.5) is 0 Å². The smallest absolute Gasteiger partial charge is 0.235 e. The Bertz CT molecular complexity index is 797. The molecule has 1 amide bonds. The van der Waals surface area contributed by atoms with Crippen LogP contribution in [-0.4, -0.2) is 50.0 Å². The van der Waals surface area contributed by atoms with Gasteiger partial charge in [-0.05, 0) is 30.5 Å². The van der Waals surface area contributed by atoms with E-state index in [1.54, 1.807) is 34.8 Å². The first kappa shape index (κ1) is 15.0. The van der Waals surface area contributed by atoms with Crippen molar-refractivity contribution in [3.8, 4) is 10.7 Å². The number of hydrogen-bond donors (Lipinski definition) is 0. The van der Waals surface area contributed by atoms with Gasteiger partial charge in [0.1, 0.15) is 5.03 Å². The summed E-state index contributed by atoms with van der Waals surface area (Å²) in [4.78, 5) is 14.6. The highest BCUT2D eigenvalue weighted by Gasteiger charge is 2.18. The van der Waals surface area contributed by atoms with Gasteiger partial charge in [0.15, 0.2) is 11.5 Å². The minimum atomic E-state index is -0.193. The van der Waals surface area contributed by atoms with E-state index in [1.807, 2.05) is 36.6 Å². The number of carbonyl (C=O) groups excluding carboxylic acids is 1. The van der Waals surface area contributed by atoms with E-state index in [1.165, 1.54) is 11.8 Å². The number of thioether (sulfide) groups is 1. The summed E-state index contributed by atoms with van der Waals surface area (Å²) in [6.07, 6.45) is 0. The lowest BCUT2D eigenvalue weighted by molar-refractivity contribution is -0.127. The third-order valence-electron chi connectivity index (χ3n) is 3.07. The van der Waals surface area contributed by atoms with Crippen LogP contribution in [0.2, 0.25) is 0 Å². The minimum Gasteiger partial charge on any atom is -0.348 e. The highest BCUT2D eigenvalue weighted by atomic mass is 32.2. The monoisotopic (exact) mass is 333 g/mol. The maximum atomic E-state index is 12.0. The van der Waals surface area contributed by atoms with Crippen LogP contribution in [-0.2, 0) is 4.79 Å². The van der Waals surface area contributed by atoms with Crippen LogP contribution in [0.3, 0.4) is 0 Å². The zero-order valence-electron chi connectivity index (χ0n) is 12.4. The first-order valence-corrected chi connectivity index (χ1v) is 8.46. The molecule has 0 saturated heterocycles. The molecule has 0 fully saturated rings. The number of carbonyl (C=O) groups is 1. The predicted molar refractivity (Wildman–Crippen MR) is 88.1 cm³/mol. The molecule has 0 bridgehead atoms. The normalized spacial score (nSPS) is 12.5. The van der Waals surface area contributed by atoms with E-state index in [0.717, 1.165) is 15.7 Å². The molecule has 114 valence electrons. The van der Waals surface area contributed by atoms with Gasteiger partial charge in [-0.3, -0.25) is 4.79 Å². The lowest BCUT2D eigenvalue weighted by Crippen LogP contribution is -2.29. The molecule has 3 aromatic rings. The molecule has 22 heavy (non-hydrogen) atoms. The molecule has 1 atom stereocenters. The molecule has 0 aliphatic heterocycles. The van der Waals surface area contributed by atoms with E-state index in [-0.39, 0.29) is 11.2 Å². The summed E-state index contributed by atoms with van der Waals surface area (Å²) in [6, 6.07) is 7.69. The van der Waals surface area contributed by atoms with Crippen LogP contribution in [0, 0.1) is 0 Å². The van der Waals surface area contributed by atoms with E-state index in [9.17, 15) is 4.79 Å². The number of thiophene rings is 1. The molecule has 0 spiro atoms. The Morgan fingerprint density at radius 3 is 2.82 bits per heavy atom. The SMILES string of the molecule is C[C@@H](Sc1ccc2nnc(-c3cccs3)n2n1)C(=O)N(C)C. The largest absolute Gasteiger partial charge is 0.348 e. The summed E-state index contributed by atoms with van der Waals surface area (Å²) in [6.45, 7) is 1.88. The molecule has 0 saturated carbocycles. The first-order valence-electron chi connectivity index (χ1n) is 6.70. The van der Waals surface area contributed by atoms with Gasteiger partial charge in [-0.15, -0.1) is 21.5 Å². The van der Waals surface area contributed by atoms with Crippen molar-refractivity contribution >= 4 is 34.7 Å². The van der Waals surface area contributed by atoms with Gasteiger partial charge in [-0.25, -0.2) is 0 Å². The first-order chi connectivity index (χ1) is 10.6. The van der Waals surface area contributed by atoms with Gasteiger partial charge in [-0.1, -0.05) is 17.8 Å². The van der Waals surface area contributed by atoms with E-state index in [0.29, 0.717) is 5.65 Å². The lowest BCUT2D eigenvalue weighted by Gasteiger charge is -2.15. The molecule has 0 radical (unpaired) electrons. The van der Waals surface area contributed by atoms with Gasteiger partial charge in [0.2, 0.25) is 5.91 Å². The highest BCUT2D eigenvalue weighted by molar-refractivity contribution is 8.00. The van der Waals surface area contributed by atoms with Gasteiger partial charge < -0.3 is 4.90 Å². The standard InChI is InChI=1S/C14H15N5OS2/c1-9(14(20)18(2)3)22-12-7-6-11-15-16-13(19(11)17-12)10-5-4-8-21-10/h4-9H,1-3H3/t9-/m1/s1. The molecule has 8 heteroatoms. The zero-order chi connectivity index (χ0) is 15.7. The number of fused-ring (bicyclic) bond motifs is 1. The third-order valence-corrected chi connectivity index (χ3v) is 4.95. The fourth-order valence-electron chi connectivity index (χ4n) is 1.99. The molecular formula is C14H15N5OS2. The maximum absolute atomic E-state index is 12.0. The Morgan fingerprint density at radius 2 is 2.14 bits per heavy atom. The van der Waals surface area contributed by atoms with Crippen LogP contribution in [0.25, 0.3) is 16.3 Å². The summed E-state index contributed by atoms with van der Waals surface area (Å²) < 4.78 is 1.72. The number of rotatable bonds is 4. The molecule has 6 nitrogen and oxygen atoms in total. The summed E-state index contributed by atoms with van der Waals surface area (Å²) in [5.41, 5.74) is 0.694. The summed E-state index contributed by atoms with van der Waals surface area (Å²) in [5.74, 6) is 0.785. The Hall–Kier alpha value is -1.93. The zero-order valence-corrected chi connectivity index (χ0v) is 14.1. The van der Waals surface area contributed by atoms with Crippen molar-refractivity contribution < 1.29 is 4.79 Å². The number of hydrogen-bond acceptors (Lipinski definition) is 6. The van der Waals surface area contributed by atoms with Crippen LogP contribution >= 0.6 is 23.1 Å². The summed E-state index contributed by atoms with van der Waals surface area (Å²) in [7, 11) is 3.51. The Morgan fingerprint density at radius 1 is 1.32 bits per heavy atom. The van der Waals surface area contributed by atoms with Gasteiger partial charge in [-0.2, -0.15) is 9.61 Å². The molecule has 0 aromatic carbocycles. The summed E-state index contributed by atoms with van der Waals surface area (Å²) >= 11 is 3.02. The number of amides is 1. The van der Waals surface area contributed by atoms with Crippen LogP contribution < -0.4 is 0 Å². The lowest BCUT2D eigenvalue weighted by atomic mass is 10.4. The van der Waals surface area contributed by atoms with Crippen LogP contribution in [0.1, 0.15) is 6.92 Å². The van der Waals surface area contributed by atoms with Crippen molar-refractivity contribution in [1.29, 1.82) is 0 Å². The molecule has 3 rings (SSSR count). The second-order valence-electron chi connectivity index (χ2n) is 4.94. The van der Waals surface area contributed by atoms with E-state index < -0.39 is 0 Å². The second kappa shape index (κ2) is 6.05. The molecular weight excluding hydrogens is 318 g/mol. The highest BCUT2D eigenvalue weighted by Crippen LogP contribution is 2.26. The van der Waals surface area contributed by atoms with Gasteiger partial charge in [0, 0.05) is 14.1 Å². The van der Waals surface area contributed by atoms with Crippen molar-refractivity contribution in [3.63, 3.8) is 0 Å². The van der Waals surface area contributed by atoms with Crippen molar-refractivity contribution in [2.45, 2.75) is 17.2 Å². The minimum absolute atomic E-state index is 0.0640. The van der Waals surface area contributed by atoms with E-state index >= 15 is 0 Å². The molecule has 0 aliphatic rings. The summed E-state index contributed by atoms with van der Waals surface area (Å²) in [5, 5.41) is 15.5. The Labute approximate surface area is 136 Å². The maximum Gasteiger partial charge on any atom is 0.235 e. The van der Waals surface area contributed by atoms with Crippen molar-refractivity contribution in [2.75, 3.05) is 14.1 Å². The van der Waals surface area contributed by atoms with Crippen LogP contribution in [0.15, 0.2) is 34.7 Å². The second-order valence-corrected chi connectivity index (χ2v) is 7.24. The van der Waals surface area contributed by atoms with E-state index in [4.69, 9.17) is 0 Å². The number of aromatic nitrogens is 4. The molecule has 0 unspecified atom stereocenters. The van der Waals surface area contributed by atoms with Crippen molar-refractivity contribution in [1.82, 2.24) is 24.7 Å². The molecule has 0 aliphatic carbocycles. The fraction of sp³-hybridized carbons (Fsp3) is 0.286. The topological polar surface area (TPSA) is 63.4 Å². The molecule has 0 N–H and O–H groups in total. The average Bonchev–Trinajstić information content (AvgIpc) is 3.14. The number of nitrogens with zero attached hydrogens (tertiary/aromatic N) is 5.